The van der Waals surface area contributed by atoms with Crippen molar-refractivity contribution >= 4 is 22.7 Å². The molecule has 5 heteroatoms. The average Bonchev–Trinajstić information content (AvgIpc) is 2.49. The molecule has 1 aromatic carbocycles. The lowest BCUT2D eigenvalue weighted by molar-refractivity contribution is -0.0753. The number of ether oxygens (including phenoxy) is 1. The van der Waals surface area contributed by atoms with Crippen LogP contribution >= 0.6 is 11.8 Å². The summed E-state index contributed by atoms with van der Waals surface area (Å²) in [5, 5.41) is 1.50. The third kappa shape index (κ3) is 3.06. The fourth-order valence-corrected chi connectivity index (χ4v) is 3.80. The molecule has 0 amide bonds. The zero-order valence-corrected chi connectivity index (χ0v) is 14.2. The Morgan fingerprint density at radius 1 is 1.41 bits per heavy atom. The number of para-hydroxylation sites is 1. The van der Waals surface area contributed by atoms with Crippen molar-refractivity contribution in [2.45, 2.75) is 44.0 Å². The highest BCUT2D eigenvalue weighted by atomic mass is 32.2. The Hall–Kier alpha value is -1.33. The van der Waals surface area contributed by atoms with Gasteiger partial charge in [0.15, 0.2) is 5.16 Å². The number of hydrogen-bond acceptors (Lipinski definition) is 4. The van der Waals surface area contributed by atoms with Crippen molar-refractivity contribution in [1.82, 2.24) is 9.55 Å². The summed E-state index contributed by atoms with van der Waals surface area (Å²) in [4.78, 5) is 17.5. The highest BCUT2D eigenvalue weighted by Crippen LogP contribution is 2.30. The lowest BCUT2D eigenvalue weighted by atomic mass is 9.88. The van der Waals surface area contributed by atoms with Gasteiger partial charge in [-0.3, -0.25) is 9.36 Å². The number of fused-ring (bicyclic) bond motifs is 1. The van der Waals surface area contributed by atoms with Gasteiger partial charge in [0.25, 0.3) is 5.56 Å². The summed E-state index contributed by atoms with van der Waals surface area (Å²) in [6.45, 7) is 5.73. The Kier molecular flexibility index (Phi) is 4.28. The van der Waals surface area contributed by atoms with Crippen molar-refractivity contribution in [2.24, 2.45) is 5.92 Å². The molecule has 118 valence electrons. The van der Waals surface area contributed by atoms with Crippen LogP contribution in [0.4, 0.5) is 0 Å². The smallest absolute Gasteiger partial charge is 0.262 e. The molecule has 1 aliphatic heterocycles. The standard InChI is InChI=1S/C17H22N2O2S/c1-17(2)10-12(8-9-21-17)11-19-15(20)13-6-4-5-7-14(13)18-16(19)22-3/h4-7,12H,8-11H2,1-3H3. The predicted molar refractivity (Wildman–Crippen MR) is 90.5 cm³/mol. The molecule has 0 spiro atoms. The molecule has 0 saturated carbocycles. The van der Waals surface area contributed by atoms with Crippen molar-refractivity contribution in [3.63, 3.8) is 0 Å². The summed E-state index contributed by atoms with van der Waals surface area (Å²) in [7, 11) is 0. The van der Waals surface area contributed by atoms with Gasteiger partial charge in [-0.05, 0) is 51.0 Å². The molecule has 1 fully saturated rings. The highest BCUT2D eigenvalue weighted by Gasteiger charge is 2.29. The predicted octanol–water partition coefficient (Wildman–Crippen LogP) is 3.32. The van der Waals surface area contributed by atoms with Crippen LogP contribution in [-0.4, -0.2) is 28.0 Å². The van der Waals surface area contributed by atoms with Gasteiger partial charge in [-0.1, -0.05) is 23.9 Å². The molecule has 0 N–H and O–H groups in total. The molecular formula is C17H22N2O2S. The molecule has 2 heterocycles. The number of rotatable bonds is 3. The monoisotopic (exact) mass is 318 g/mol. The third-order valence-corrected chi connectivity index (χ3v) is 4.93. The molecular weight excluding hydrogens is 296 g/mol. The van der Waals surface area contributed by atoms with Crippen molar-refractivity contribution < 1.29 is 4.74 Å². The quantitative estimate of drug-likeness (QED) is 0.643. The molecule has 1 aliphatic rings. The van der Waals surface area contributed by atoms with Gasteiger partial charge in [-0.2, -0.15) is 0 Å². The van der Waals surface area contributed by atoms with Crippen LogP contribution in [0.3, 0.4) is 0 Å². The molecule has 0 bridgehead atoms. The fourth-order valence-electron chi connectivity index (χ4n) is 3.24. The van der Waals surface area contributed by atoms with Gasteiger partial charge >= 0.3 is 0 Å². The molecule has 4 nitrogen and oxygen atoms in total. The van der Waals surface area contributed by atoms with Crippen molar-refractivity contribution in [2.75, 3.05) is 12.9 Å². The number of hydrogen-bond donors (Lipinski definition) is 0. The molecule has 1 unspecified atom stereocenters. The van der Waals surface area contributed by atoms with Crippen LogP contribution < -0.4 is 5.56 Å². The van der Waals surface area contributed by atoms with E-state index in [2.05, 4.69) is 18.8 Å². The number of benzene rings is 1. The van der Waals surface area contributed by atoms with Gasteiger partial charge in [0.2, 0.25) is 0 Å². The lowest BCUT2D eigenvalue weighted by Crippen LogP contribution is -2.37. The van der Waals surface area contributed by atoms with E-state index >= 15 is 0 Å². The van der Waals surface area contributed by atoms with Crippen LogP contribution in [0.5, 0.6) is 0 Å². The number of nitrogens with zero attached hydrogens (tertiary/aromatic N) is 2. The molecule has 0 radical (unpaired) electrons. The van der Waals surface area contributed by atoms with E-state index in [1.165, 1.54) is 11.8 Å². The third-order valence-electron chi connectivity index (χ3n) is 4.25. The molecule has 22 heavy (non-hydrogen) atoms. The van der Waals surface area contributed by atoms with Gasteiger partial charge in [-0.25, -0.2) is 4.98 Å². The zero-order valence-electron chi connectivity index (χ0n) is 13.3. The largest absolute Gasteiger partial charge is 0.376 e. The molecule has 0 aliphatic carbocycles. The summed E-state index contributed by atoms with van der Waals surface area (Å²) < 4.78 is 7.63. The van der Waals surface area contributed by atoms with Gasteiger partial charge < -0.3 is 4.74 Å². The molecule has 1 aromatic heterocycles. The summed E-state index contributed by atoms with van der Waals surface area (Å²) in [5.74, 6) is 0.454. The maximum Gasteiger partial charge on any atom is 0.262 e. The minimum Gasteiger partial charge on any atom is -0.376 e. The summed E-state index contributed by atoms with van der Waals surface area (Å²) in [5.41, 5.74) is 0.746. The van der Waals surface area contributed by atoms with Crippen LogP contribution in [0.2, 0.25) is 0 Å². The Morgan fingerprint density at radius 2 is 2.18 bits per heavy atom. The van der Waals surface area contributed by atoms with E-state index in [1.807, 2.05) is 35.1 Å². The van der Waals surface area contributed by atoms with E-state index in [0.717, 1.165) is 36.7 Å². The second kappa shape index (κ2) is 6.05. The summed E-state index contributed by atoms with van der Waals surface area (Å²) in [6, 6.07) is 7.58. The lowest BCUT2D eigenvalue weighted by Gasteiger charge is -2.35. The Morgan fingerprint density at radius 3 is 2.91 bits per heavy atom. The summed E-state index contributed by atoms with van der Waals surface area (Å²) >= 11 is 1.53. The normalized spacial score (nSPS) is 21.1. The number of aromatic nitrogens is 2. The minimum absolute atomic E-state index is 0.0687. The Balaban J connectivity index is 1.99. The summed E-state index contributed by atoms with van der Waals surface area (Å²) in [6.07, 6.45) is 3.94. The SMILES string of the molecule is CSc1nc2ccccc2c(=O)n1CC1CCOC(C)(C)C1. The first-order chi connectivity index (χ1) is 10.5. The van der Waals surface area contributed by atoms with Crippen LogP contribution in [-0.2, 0) is 11.3 Å². The second-order valence-electron chi connectivity index (χ2n) is 6.50. The van der Waals surface area contributed by atoms with Crippen LogP contribution in [0.1, 0.15) is 26.7 Å². The van der Waals surface area contributed by atoms with Crippen LogP contribution in [0.15, 0.2) is 34.2 Å². The zero-order chi connectivity index (χ0) is 15.7. The molecule has 2 aromatic rings. The van der Waals surface area contributed by atoms with E-state index in [1.54, 1.807) is 0 Å². The molecule has 1 saturated heterocycles. The Labute approximate surface area is 134 Å². The molecule has 1 atom stereocenters. The van der Waals surface area contributed by atoms with Gasteiger partial charge in [-0.15, -0.1) is 0 Å². The maximum absolute atomic E-state index is 12.8. The van der Waals surface area contributed by atoms with E-state index < -0.39 is 0 Å². The first-order valence-electron chi connectivity index (χ1n) is 7.68. The Bertz CT molecular complexity index is 739. The number of thioether (sulfide) groups is 1. The van der Waals surface area contributed by atoms with E-state index in [-0.39, 0.29) is 11.2 Å². The molecule has 3 rings (SSSR count). The first kappa shape index (κ1) is 15.6. The van der Waals surface area contributed by atoms with Gasteiger partial charge in [0.1, 0.15) is 0 Å². The second-order valence-corrected chi connectivity index (χ2v) is 7.27. The topological polar surface area (TPSA) is 44.1 Å². The van der Waals surface area contributed by atoms with E-state index in [9.17, 15) is 4.79 Å². The van der Waals surface area contributed by atoms with Crippen LogP contribution in [0.25, 0.3) is 10.9 Å². The van der Waals surface area contributed by atoms with Gasteiger partial charge in [0, 0.05) is 13.2 Å². The van der Waals surface area contributed by atoms with Crippen molar-refractivity contribution in [3.05, 3.63) is 34.6 Å². The fraction of sp³-hybridized carbons (Fsp3) is 0.529. The average molecular weight is 318 g/mol. The van der Waals surface area contributed by atoms with Crippen molar-refractivity contribution in [1.29, 1.82) is 0 Å². The highest BCUT2D eigenvalue weighted by molar-refractivity contribution is 7.98. The van der Waals surface area contributed by atoms with Crippen LogP contribution in [0, 0.1) is 5.92 Å². The van der Waals surface area contributed by atoms with Gasteiger partial charge in [0.05, 0.1) is 16.5 Å². The minimum atomic E-state index is -0.101. The maximum atomic E-state index is 12.8. The van der Waals surface area contributed by atoms with E-state index in [0.29, 0.717) is 11.3 Å². The first-order valence-corrected chi connectivity index (χ1v) is 8.90. The van der Waals surface area contributed by atoms with E-state index in [4.69, 9.17) is 4.74 Å². The van der Waals surface area contributed by atoms with Crippen molar-refractivity contribution in [3.8, 4) is 0 Å².